The highest BCUT2D eigenvalue weighted by Gasteiger charge is 2.23. The molecule has 19 heavy (non-hydrogen) atoms. The number of rotatable bonds is 3. The first-order chi connectivity index (χ1) is 9.11. The lowest BCUT2D eigenvalue weighted by molar-refractivity contribution is -0.121. The van der Waals surface area contributed by atoms with Crippen LogP contribution in [0.1, 0.15) is 30.3 Å². The summed E-state index contributed by atoms with van der Waals surface area (Å²) in [4.78, 5) is 24.8. The average molecular weight is 262 g/mol. The van der Waals surface area contributed by atoms with Gasteiger partial charge in [0.2, 0.25) is 0 Å². The standard InChI is InChI=1S/C13H18N4O2/c1-9(18)10-5-7-17(8-6-10)12-4-3-11(15-16-12)13(19)14-2/h3-4,10H,5-8H2,1-2H3,(H,14,19). The summed E-state index contributed by atoms with van der Waals surface area (Å²) in [6.45, 7) is 3.26. The van der Waals surface area contributed by atoms with E-state index in [1.165, 1.54) is 0 Å². The first kappa shape index (κ1) is 13.5. The number of amides is 1. The maximum Gasteiger partial charge on any atom is 0.271 e. The summed E-state index contributed by atoms with van der Waals surface area (Å²) in [7, 11) is 1.56. The van der Waals surface area contributed by atoms with E-state index in [0.717, 1.165) is 31.7 Å². The Morgan fingerprint density at radius 1 is 1.26 bits per heavy atom. The van der Waals surface area contributed by atoms with Crippen molar-refractivity contribution < 1.29 is 9.59 Å². The summed E-state index contributed by atoms with van der Waals surface area (Å²) in [5, 5.41) is 10.5. The summed E-state index contributed by atoms with van der Waals surface area (Å²) in [6, 6.07) is 3.46. The van der Waals surface area contributed by atoms with Crippen molar-refractivity contribution >= 4 is 17.5 Å². The van der Waals surface area contributed by atoms with E-state index in [1.807, 2.05) is 0 Å². The zero-order valence-corrected chi connectivity index (χ0v) is 11.2. The van der Waals surface area contributed by atoms with Gasteiger partial charge in [-0.1, -0.05) is 0 Å². The molecule has 1 fully saturated rings. The first-order valence-corrected chi connectivity index (χ1v) is 6.43. The minimum absolute atomic E-state index is 0.175. The molecule has 0 spiro atoms. The van der Waals surface area contributed by atoms with Gasteiger partial charge in [-0.2, -0.15) is 0 Å². The number of aromatic nitrogens is 2. The molecule has 0 saturated carbocycles. The molecule has 2 rings (SSSR count). The third-order valence-electron chi connectivity index (χ3n) is 3.50. The van der Waals surface area contributed by atoms with Crippen molar-refractivity contribution in [3.8, 4) is 0 Å². The Labute approximate surface area is 112 Å². The van der Waals surface area contributed by atoms with Gasteiger partial charge in [-0.15, -0.1) is 10.2 Å². The summed E-state index contributed by atoms with van der Waals surface area (Å²) < 4.78 is 0. The second-order valence-electron chi connectivity index (χ2n) is 4.73. The van der Waals surface area contributed by atoms with Gasteiger partial charge < -0.3 is 10.2 Å². The van der Waals surface area contributed by atoms with Crippen LogP contribution in [0.5, 0.6) is 0 Å². The highest BCUT2D eigenvalue weighted by atomic mass is 16.1. The van der Waals surface area contributed by atoms with Crippen molar-refractivity contribution in [2.45, 2.75) is 19.8 Å². The van der Waals surface area contributed by atoms with Crippen molar-refractivity contribution in [1.29, 1.82) is 0 Å². The molecule has 2 heterocycles. The molecule has 1 saturated heterocycles. The van der Waals surface area contributed by atoms with E-state index in [4.69, 9.17) is 0 Å². The predicted octanol–water partition coefficient (Wildman–Crippen LogP) is 0.642. The SMILES string of the molecule is CNC(=O)c1ccc(N2CCC(C(C)=O)CC2)nn1. The fraction of sp³-hybridized carbons (Fsp3) is 0.538. The van der Waals surface area contributed by atoms with Gasteiger partial charge in [-0.05, 0) is 31.9 Å². The minimum Gasteiger partial charge on any atom is -0.355 e. The van der Waals surface area contributed by atoms with Gasteiger partial charge in [0.05, 0.1) is 0 Å². The van der Waals surface area contributed by atoms with Crippen LogP contribution in [0.15, 0.2) is 12.1 Å². The van der Waals surface area contributed by atoms with Crippen molar-refractivity contribution in [3.05, 3.63) is 17.8 Å². The number of carbonyl (C=O) groups is 2. The van der Waals surface area contributed by atoms with Crippen molar-refractivity contribution in [2.75, 3.05) is 25.0 Å². The highest BCUT2D eigenvalue weighted by Crippen LogP contribution is 2.21. The number of nitrogens with zero attached hydrogens (tertiary/aromatic N) is 3. The fourth-order valence-corrected chi connectivity index (χ4v) is 2.26. The van der Waals surface area contributed by atoms with Crippen molar-refractivity contribution in [3.63, 3.8) is 0 Å². The molecular weight excluding hydrogens is 244 g/mol. The maximum absolute atomic E-state index is 11.4. The van der Waals surface area contributed by atoms with Gasteiger partial charge in [0.15, 0.2) is 11.5 Å². The molecule has 102 valence electrons. The highest BCUT2D eigenvalue weighted by molar-refractivity contribution is 5.91. The van der Waals surface area contributed by atoms with Crippen LogP contribution in [0.3, 0.4) is 0 Å². The molecule has 6 heteroatoms. The van der Waals surface area contributed by atoms with Gasteiger partial charge in [0, 0.05) is 26.1 Å². The number of carbonyl (C=O) groups excluding carboxylic acids is 2. The topological polar surface area (TPSA) is 75.2 Å². The molecule has 1 aliphatic heterocycles. The quantitative estimate of drug-likeness (QED) is 0.865. The summed E-state index contributed by atoms with van der Waals surface area (Å²) in [5.41, 5.74) is 0.310. The monoisotopic (exact) mass is 262 g/mol. The summed E-state index contributed by atoms with van der Waals surface area (Å²) >= 11 is 0. The van der Waals surface area contributed by atoms with Gasteiger partial charge in [-0.3, -0.25) is 9.59 Å². The van der Waals surface area contributed by atoms with E-state index in [9.17, 15) is 9.59 Å². The van der Waals surface area contributed by atoms with Gasteiger partial charge in [-0.25, -0.2) is 0 Å². The number of anilines is 1. The molecule has 1 aromatic heterocycles. The Kier molecular flexibility index (Phi) is 4.09. The van der Waals surface area contributed by atoms with Crippen LogP contribution >= 0.6 is 0 Å². The average Bonchev–Trinajstić information content (AvgIpc) is 2.46. The van der Waals surface area contributed by atoms with E-state index in [-0.39, 0.29) is 17.6 Å². The molecule has 1 amide bonds. The number of nitrogens with one attached hydrogen (secondary N) is 1. The van der Waals surface area contributed by atoms with Gasteiger partial charge in [0.1, 0.15) is 5.78 Å². The Hall–Kier alpha value is -1.98. The zero-order valence-electron chi connectivity index (χ0n) is 11.2. The third kappa shape index (κ3) is 3.07. The number of ketones is 1. The lowest BCUT2D eigenvalue weighted by Crippen LogP contribution is -2.36. The molecule has 1 aromatic rings. The minimum atomic E-state index is -0.241. The molecule has 0 radical (unpaired) electrons. The number of Topliss-reactive ketones (excluding diaryl/α,β-unsaturated/α-hetero) is 1. The fourth-order valence-electron chi connectivity index (χ4n) is 2.26. The van der Waals surface area contributed by atoms with Crippen LogP contribution in [0.2, 0.25) is 0 Å². The Morgan fingerprint density at radius 3 is 2.42 bits per heavy atom. The normalized spacial score (nSPS) is 16.2. The van der Waals surface area contributed by atoms with Gasteiger partial charge >= 0.3 is 0 Å². The van der Waals surface area contributed by atoms with Gasteiger partial charge in [0.25, 0.3) is 5.91 Å². The summed E-state index contributed by atoms with van der Waals surface area (Å²) in [5.74, 6) is 0.957. The number of hydrogen-bond acceptors (Lipinski definition) is 5. The van der Waals surface area contributed by atoms with Crippen LogP contribution < -0.4 is 10.2 Å². The Bertz CT molecular complexity index is 464. The predicted molar refractivity (Wildman–Crippen MR) is 71.0 cm³/mol. The summed E-state index contributed by atoms with van der Waals surface area (Å²) in [6.07, 6.45) is 1.71. The molecule has 0 aromatic carbocycles. The number of hydrogen-bond donors (Lipinski definition) is 1. The molecule has 0 aliphatic carbocycles. The molecule has 1 N–H and O–H groups in total. The molecule has 6 nitrogen and oxygen atoms in total. The van der Waals surface area contributed by atoms with E-state index < -0.39 is 0 Å². The van der Waals surface area contributed by atoms with Crippen LogP contribution in [0.4, 0.5) is 5.82 Å². The third-order valence-corrected chi connectivity index (χ3v) is 3.50. The van der Waals surface area contributed by atoms with E-state index in [2.05, 4.69) is 20.4 Å². The number of piperidine rings is 1. The molecule has 1 aliphatic rings. The molecule has 0 atom stereocenters. The molecule has 0 bridgehead atoms. The zero-order chi connectivity index (χ0) is 13.8. The Balaban J connectivity index is 2.00. The molecule has 0 unspecified atom stereocenters. The van der Waals surface area contributed by atoms with Crippen LogP contribution in [0, 0.1) is 5.92 Å². The van der Waals surface area contributed by atoms with E-state index >= 15 is 0 Å². The first-order valence-electron chi connectivity index (χ1n) is 6.43. The molecular formula is C13H18N4O2. The lowest BCUT2D eigenvalue weighted by Gasteiger charge is -2.31. The van der Waals surface area contributed by atoms with Crippen LogP contribution in [-0.2, 0) is 4.79 Å². The van der Waals surface area contributed by atoms with E-state index in [1.54, 1.807) is 26.1 Å². The lowest BCUT2D eigenvalue weighted by atomic mass is 9.93. The van der Waals surface area contributed by atoms with Crippen molar-refractivity contribution in [2.24, 2.45) is 5.92 Å². The maximum atomic E-state index is 11.4. The second kappa shape index (κ2) is 5.77. The smallest absolute Gasteiger partial charge is 0.271 e. The van der Waals surface area contributed by atoms with Crippen LogP contribution in [-0.4, -0.2) is 42.0 Å². The Morgan fingerprint density at radius 2 is 1.95 bits per heavy atom. The van der Waals surface area contributed by atoms with E-state index in [0.29, 0.717) is 5.69 Å². The second-order valence-corrected chi connectivity index (χ2v) is 4.73. The van der Waals surface area contributed by atoms with Crippen LogP contribution in [0.25, 0.3) is 0 Å². The van der Waals surface area contributed by atoms with Crippen molar-refractivity contribution in [1.82, 2.24) is 15.5 Å². The largest absolute Gasteiger partial charge is 0.355 e.